The molecule has 2 heterocycles. The highest BCUT2D eigenvalue weighted by molar-refractivity contribution is 5.53. The molecule has 1 saturated heterocycles. The van der Waals surface area contributed by atoms with Gasteiger partial charge < -0.3 is 10.2 Å². The Morgan fingerprint density at radius 3 is 2.36 bits per heavy atom. The van der Waals surface area contributed by atoms with Gasteiger partial charge >= 0.3 is 5.95 Å². The van der Waals surface area contributed by atoms with E-state index >= 15 is 0 Å². The number of benzene rings is 1. The molecule has 0 atom stereocenters. The Balaban J connectivity index is 1.74. The Bertz CT molecular complexity index is 665. The third-order valence-electron chi connectivity index (χ3n) is 4.11. The van der Waals surface area contributed by atoms with E-state index in [0.717, 1.165) is 43.5 Å². The second-order valence-corrected chi connectivity index (χ2v) is 5.69. The van der Waals surface area contributed by atoms with E-state index in [2.05, 4.69) is 39.5 Å². The van der Waals surface area contributed by atoms with Crippen LogP contribution in [0.4, 0.5) is 17.3 Å². The average Bonchev–Trinajstić information content (AvgIpc) is 2.79. The fourth-order valence-corrected chi connectivity index (χ4v) is 2.71. The van der Waals surface area contributed by atoms with Crippen molar-refractivity contribution in [2.45, 2.75) is 6.92 Å². The van der Waals surface area contributed by atoms with Crippen molar-refractivity contribution < 1.29 is 4.57 Å². The number of aryl methyl sites for hydroxylation is 2. The monoisotopic (exact) mass is 299 g/mol. The molecular formula is C16H23N6+. The minimum absolute atomic E-state index is 0.837. The van der Waals surface area contributed by atoms with Crippen molar-refractivity contribution in [1.82, 2.24) is 9.88 Å². The van der Waals surface area contributed by atoms with Crippen LogP contribution in [0, 0.1) is 6.92 Å². The maximum absolute atomic E-state index is 4.37. The molecule has 1 N–H and O–H groups in total. The summed E-state index contributed by atoms with van der Waals surface area (Å²) >= 11 is 0. The molecule has 1 fully saturated rings. The topological polar surface area (TPSA) is 48.8 Å². The van der Waals surface area contributed by atoms with Crippen molar-refractivity contribution in [1.29, 1.82) is 0 Å². The van der Waals surface area contributed by atoms with Gasteiger partial charge in [0.05, 0.1) is 20.3 Å². The van der Waals surface area contributed by atoms with Gasteiger partial charge in [0.2, 0.25) is 0 Å². The quantitative estimate of drug-likeness (QED) is 0.696. The predicted molar refractivity (Wildman–Crippen MR) is 87.0 cm³/mol. The summed E-state index contributed by atoms with van der Waals surface area (Å²) in [5.41, 5.74) is 3.28. The van der Waals surface area contributed by atoms with Gasteiger partial charge in [-0.3, -0.25) is 0 Å². The van der Waals surface area contributed by atoms with Crippen LogP contribution in [0.25, 0.3) is 0 Å². The van der Waals surface area contributed by atoms with Crippen molar-refractivity contribution >= 4 is 17.3 Å². The lowest BCUT2D eigenvalue weighted by atomic mass is 10.2. The van der Waals surface area contributed by atoms with Gasteiger partial charge in [0.25, 0.3) is 0 Å². The van der Waals surface area contributed by atoms with E-state index in [9.17, 15) is 0 Å². The van der Waals surface area contributed by atoms with Crippen LogP contribution >= 0.6 is 0 Å². The second-order valence-electron chi connectivity index (χ2n) is 5.69. The number of aromatic nitrogens is 2. The van der Waals surface area contributed by atoms with Crippen LogP contribution in [0.2, 0.25) is 0 Å². The fraction of sp³-hybridized carbons (Fsp3) is 0.438. The number of hydrogen-bond acceptors (Lipinski definition) is 4. The molecule has 0 radical (unpaired) electrons. The van der Waals surface area contributed by atoms with Crippen LogP contribution in [0.15, 0.2) is 40.7 Å². The van der Waals surface area contributed by atoms with Crippen LogP contribution in [0.1, 0.15) is 5.69 Å². The first-order valence-corrected chi connectivity index (χ1v) is 7.64. The highest BCUT2D eigenvalue weighted by Gasteiger charge is 2.15. The molecule has 0 spiro atoms. The van der Waals surface area contributed by atoms with Crippen LogP contribution in [0.3, 0.4) is 0 Å². The SMILES string of the molecule is Cc1c[n+](C)c(N=Nc2ccc(N3CCNCC3)cc2)n1C. The number of nitrogens with one attached hydrogen (secondary N) is 1. The number of anilines is 1. The van der Waals surface area contributed by atoms with Crippen LogP contribution < -0.4 is 14.8 Å². The van der Waals surface area contributed by atoms with Crippen molar-refractivity contribution in [2.75, 3.05) is 31.1 Å². The molecule has 6 heteroatoms. The van der Waals surface area contributed by atoms with Gasteiger partial charge in [-0.2, -0.15) is 0 Å². The molecule has 0 saturated carbocycles. The number of hydrogen-bond donors (Lipinski definition) is 1. The zero-order valence-electron chi connectivity index (χ0n) is 13.5. The minimum Gasteiger partial charge on any atom is -0.369 e. The number of azo groups is 1. The summed E-state index contributed by atoms with van der Waals surface area (Å²) < 4.78 is 4.01. The number of nitrogens with zero attached hydrogens (tertiary/aromatic N) is 5. The molecule has 0 amide bonds. The summed E-state index contributed by atoms with van der Waals surface area (Å²) in [6.45, 7) is 6.26. The third-order valence-corrected chi connectivity index (χ3v) is 4.11. The standard InChI is InChI=1S/C16H23N6/c1-13-12-20(2)16(21(13)3)19-18-14-4-6-15(7-5-14)22-10-8-17-9-11-22/h4-7,12,17H,8-11H2,1-3H3/q+1. The molecule has 116 valence electrons. The van der Waals surface area contributed by atoms with E-state index in [4.69, 9.17) is 0 Å². The molecule has 3 rings (SSSR count). The number of rotatable bonds is 3. The maximum atomic E-state index is 4.37. The number of imidazole rings is 1. The largest absolute Gasteiger partial charge is 0.421 e. The first-order valence-electron chi connectivity index (χ1n) is 7.64. The van der Waals surface area contributed by atoms with E-state index in [1.54, 1.807) is 0 Å². The molecule has 0 aliphatic carbocycles. The normalized spacial score (nSPS) is 15.7. The highest BCUT2D eigenvalue weighted by atomic mass is 15.3. The molecule has 1 aromatic heterocycles. The summed E-state index contributed by atoms with van der Waals surface area (Å²) in [7, 11) is 3.98. The zero-order valence-corrected chi connectivity index (χ0v) is 13.5. The summed E-state index contributed by atoms with van der Waals surface area (Å²) in [4.78, 5) is 2.39. The summed E-state index contributed by atoms with van der Waals surface area (Å²) in [6.07, 6.45) is 2.04. The van der Waals surface area contributed by atoms with Crippen molar-refractivity contribution in [3.63, 3.8) is 0 Å². The minimum atomic E-state index is 0.837. The lowest BCUT2D eigenvalue weighted by molar-refractivity contribution is -0.657. The van der Waals surface area contributed by atoms with Gasteiger partial charge in [-0.1, -0.05) is 5.11 Å². The van der Waals surface area contributed by atoms with Crippen molar-refractivity contribution in [3.8, 4) is 0 Å². The highest BCUT2D eigenvalue weighted by Crippen LogP contribution is 2.21. The van der Waals surface area contributed by atoms with Gasteiger partial charge in [-0.05, 0) is 31.2 Å². The van der Waals surface area contributed by atoms with Gasteiger partial charge in [0.15, 0.2) is 0 Å². The fourth-order valence-electron chi connectivity index (χ4n) is 2.71. The van der Waals surface area contributed by atoms with Crippen molar-refractivity contribution in [3.05, 3.63) is 36.2 Å². The van der Waals surface area contributed by atoms with Gasteiger partial charge in [0.1, 0.15) is 11.4 Å². The lowest BCUT2D eigenvalue weighted by Gasteiger charge is -2.29. The Morgan fingerprint density at radius 1 is 1.09 bits per heavy atom. The van der Waals surface area contributed by atoms with Crippen molar-refractivity contribution in [2.24, 2.45) is 24.3 Å². The lowest BCUT2D eigenvalue weighted by Crippen LogP contribution is -2.43. The van der Waals surface area contributed by atoms with Gasteiger partial charge in [-0.15, -0.1) is 0 Å². The van der Waals surface area contributed by atoms with Crippen LogP contribution in [-0.2, 0) is 14.1 Å². The molecule has 0 bridgehead atoms. The molecule has 2 aromatic rings. The van der Waals surface area contributed by atoms with Gasteiger partial charge in [0, 0.05) is 37.0 Å². The third kappa shape index (κ3) is 3.01. The average molecular weight is 299 g/mol. The van der Waals surface area contributed by atoms with Crippen LogP contribution in [0.5, 0.6) is 0 Å². The smallest absolute Gasteiger partial charge is 0.369 e. The van der Waals surface area contributed by atoms with Crippen LogP contribution in [-0.4, -0.2) is 30.7 Å². The Hall–Kier alpha value is -2.21. The zero-order chi connectivity index (χ0) is 15.5. The summed E-state index contributed by atoms with van der Waals surface area (Å²) in [5, 5.41) is 12.1. The van der Waals surface area contributed by atoms with E-state index in [1.807, 2.05) is 41.6 Å². The summed E-state index contributed by atoms with van der Waals surface area (Å²) in [6, 6.07) is 8.29. The molecule has 1 aliphatic heterocycles. The number of piperazine rings is 1. The molecule has 1 aliphatic rings. The predicted octanol–water partition coefficient (Wildman–Crippen LogP) is 1.98. The van der Waals surface area contributed by atoms with E-state index in [0.29, 0.717) is 0 Å². The maximum Gasteiger partial charge on any atom is 0.421 e. The molecule has 0 unspecified atom stereocenters. The summed E-state index contributed by atoms with van der Waals surface area (Å²) in [5.74, 6) is 0.837. The van der Waals surface area contributed by atoms with E-state index < -0.39 is 0 Å². The Labute approximate surface area is 131 Å². The molecule has 6 nitrogen and oxygen atoms in total. The Morgan fingerprint density at radius 2 is 1.77 bits per heavy atom. The van der Waals surface area contributed by atoms with E-state index in [-0.39, 0.29) is 0 Å². The Kier molecular flexibility index (Phi) is 4.20. The molecule has 1 aromatic carbocycles. The van der Waals surface area contributed by atoms with E-state index in [1.165, 1.54) is 5.69 Å². The second kappa shape index (κ2) is 6.27. The first-order chi connectivity index (χ1) is 10.6. The molecule has 22 heavy (non-hydrogen) atoms. The van der Waals surface area contributed by atoms with Gasteiger partial charge in [-0.25, -0.2) is 9.13 Å². The molecular weight excluding hydrogens is 276 g/mol. The first kappa shape index (κ1) is 14.7.